The zero-order chi connectivity index (χ0) is 19.1. The van der Waals surface area contributed by atoms with E-state index in [1.54, 1.807) is 12.3 Å². The average molecular weight is 359 g/mol. The van der Waals surface area contributed by atoms with Gasteiger partial charge in [0.1, 0.15) is 5.69 Å². The summed E-state index contributed by atoms with van der Waals surface area (Å²) >= 11 is 0. The van der Waals surface area contributed by atoms with E-state index in [1.165, 1.54) is 11.1 Å². The molecule has 0 unspecified atom stereocenters. The molecule has 3 rings (SSSR count). The van der Waals surface area contributed by atoms with Crippen molar-refractivity contribution in [3.05, 3.63) is 95.3 Å². The number of carbonyl (C=O) groups excluding carboxylic acids is 1. The minimum Gasteiger partial charge on any atom is -0.366 e. The van der Waals surface area contributed by atoms with E-state index in [1.807, 2.05) is 55.5 Å². The fourth-order valence-electron chi connectivity index (χ4n) is 2.88. The standard InChI is InChI=1S/C23H25N3O/c1-3-26(17-20-7-5-4-6-8-20)21-13-14-22(24-16-21)23(27)25-15-19-11-9-18(2)10-12-19/h4-14,16H,3,15,17H2,1-2H3,(H,25,27). The minimum absolute atomic E-state index is 0.159. The molecule has 138 valence electrons. The lowest BCUT2D eigenvalue weighted by molar-refractivity contribution is 0.0946. The molecule has 1 N–H and O–H groups in total. The van der Waals surface area contributed by atoms with Gasteiger partial charge in [0.25, 0.3) is 5.91 Å². The van der Waals surface area contributed by atoms with Gasteiger partial charge in [-0.05, 0) is 37.1 Å². The number of pyridine rings is 1. The summed E-state index contributed by atoms with van der Waals surface area (Å²) in [5.74, 6) is -0.159. The molecule has 1 aromatic heterocycles. The van der Waals surface area contributed by atoms with Crippen LogP contribution in [0.5, 0.6) is 0 Å². The van der Waals surface area contributed by atoms with E-state index >= 15 is 0 Å². The first kappa shape index (κ1) is 18.6. The summed E-state index contributed by atoms with van der Waals surface area (Å²) in [5, 5.41) is 2.92. The molecule has 27 heavy (non-hydrogen) atoms. The number of benzene rings is 2. The summed E-state index contributed by atoms with van der Waals surface area (Å²) < 4.78 is 0. The van der Waals surface area contributed by atoms with Gasteiger partial charge in [0.05, 0.1) is 11.9 Å². The van der Waals surface area contributed by atoms with Crippen molar-refractivity contribution in [2.45, 2.75) is 26.9 Å². The molecule has 4 nitrogen and oxygen atoms in total. The lowest BCUT2D eigenvalue weighted by Crippen LogP contribution is -2.25. The number of nitrogens with one attached hydrogen (secondary N) is 1. The Morgan fingerprint density at radius 1 is 0.963 bits per heavy atom. The van der Waals surface area contributed by atoms with Gasteiger partial charge in [-0.15, -0.1) is 0 Å². The average Bonchev–Trinajstić information content (AvgIpc) is 2.72. The number of aromatic nitrogens is 1. The highest BCUT2D eigenvalue weighted by atomic mass is 16.1. The minimum atomic E-state index is -0.159. The van der Waals surface area contributed by atoms with Crippen molar-refractivity contribution >= 4 is 11.6 Å². The molecule has 0 aliphatic carbocycles. The van der Waals surface area contributed by atoms with Crippen molar-refractivity contribution in [1.82, 2.24) is 10.3 Å². The Morgan fingerprint density at radius 2 is 1.70 bits per heavy atom. The molecule has 0 aliphatic heterocycles. The maximum Gasteiger partial charge on any atom is 0.270 e. The zero-order valence-corrected chi connectivity index (χ0v) is 15.9. The summed E-state index contributed by atoms with van der Waals surface area (Å²) in [5.41, 5.74) is 4.97. The molecule has 0 radical (unpaired) electrons. The molecule has 0 fully saturated rings. The third kappa shape index (κ3) is 5.17. The van der Waals surface area contributed by atoms with E-state index in [0.717, 1.165) is 24.3 Å². The van der Waals surface area contributed by atoms with Crippen LogP contribution in [0.4, 0.5) is 5.69 Å². The SMILES string of the molecule is CCN(Cc1ccccc1)c1ccc(C(=O)NCc2ccc(C)cc2)nc1. The van der Waals surface area contributed by atoms with Crippen LogP contribution >= 0.6 is 0 Å². The third-order valence-electron chi connectivity index (χ3n) is 4.52. The molecule has 4 heteroatoms. The van der Waals surface area contributed by atoms with Crippen LogP contribution in [0.1, 0.15) is 34.1 Å². The summed E-state index contributed by atoms with van der Waals surface area (Å²) in [6.07, 6.45) is 1.77. The second-order valence-corrected chi connectivity index (χ2v) is 6.57. The summed E-state index contributed by atoms with van der Waals surface area (Å²) in [7, 11) is 0. The number of hydrogen-bond acceptors (Lipinski definition) is 3. The van der Waals surface area contributed by atoms with Crippen LogP contribution < -0.4 is 10.2 Å². The van der Waals surface area contributed by atoms with E-state index < -0.39 is 0 Å². The van der Waals surface area contributed by atoms with Crippen molar-refractivity contribution in [3.63, 3.8) is 0 Å². The molecular formula is C23H25N3O. The van der Waals surface area contributed by atoms with Gasteiger partial charge in [0, 0.05) is 19.6 Å². The van der Waals surface area contributed by atoms with Gasteiger partial charge in [0.15, 0.2) is 0 Å². The van der Waals surface area contributed by atoms with Gasteiger partial charge < -0.3 is 10.2 Å². The number of anilines is 1. The van der Waals surface area contributed by atoms with E-state index in [4.69, 9.17) is 0 Å². The van der Waals surface area contributed by atoms with Crippen molar-refractivity contribution < 1.29 is 4.79 Å². The predicted molar refractivity (Wildman–Crippen MR) is 110 cm³/mol. The summed E-state index contributed by atoms with van der Waals surface area (Å²) in [6, 6.07) is 22.2. The van der Waals surface area contributed by atoms with Crippen LogP contribution in [0.15, 0.2) is 72.9 Å². The Morgan fingerprint density at radius 3 is 2.33 bits per heavy atom. The maximum atomic E-state index is 12.3. The Hall–Kier alpha value is -3.14. The number of aryl methyl sites for hydroxylation is 1. The van der Waals surface area contributed by atoms with E-state index in [-0.39, 0.29) is 5.91 Å². The molecule has 1 amide bonds. The molecule has 0 spiro atoms. The van der Waals surface area contributed by atoms with Crippen molar-refractivity contribution in [2.75, 3.05) is 11.4 Å². The molecule has 0 aliphatic rings. The molecule has 0 bridgehead atoms. The molecule has 2 aromatic carbocycles. The van der Waals surface area contributed by atoms with Crippen LogP contribution in [0.25, 0.3) is 0 Å². The van der Waals surface area contributed by atoms with Gasteiger partial charge in [-0.2, -0.15) is 0 Å². The number of nitrogens with zero attached hydrogens (tertiary/aromatic N) is 2. The molecular weight excluding hydrogens is 334 g/mol. The predicted octanol–water partition coefficient (Wildman–Crippen LogP) is 4.35. The second kappa shape index (κ2) is 8.99. The van der Waals surface area contributed by atoms with Crippen molar-refractivity contribution in [3.8, 4) is 0 Å². The Balaban J connectivity index is 1.61. The largest absolute Gasteiger partial charge is 0.366 e. The van der Waals surface area contributed by atoms with Gasteiger partial charge in [0.2, 0.25) is 0 Å². The topological polar surface area (TPSA) is 45.2 Å². The number of carbonyl (C=O) groups is 1. The van der Waals surface area contributed by atoms with Crippen LogP contribution in [-0.4, -0.2) is 17.4 Å². The van der Waals surface area contributed by atoms with Gasteiger partial charge in [-0.3, -0.25) is 4.79 Å². The fraction of sp³-hybridized carbons (Fsp3) is 0.217. The summed E-state index contributed by atoms with van der Waals surface area (Å²) in [4.78, 5) is 18.9. The Kier molecular flexibility index (Phi) is 6.21. The molecule has 1 heterocycles. The molecule has 0 atom stereocenters. The fourth-order valence-corrected chi connectivity index (χ4v) is 2.88. The van der Waals surface area contributed by atoms with Crippen LogP contribution in [0, 0.1) is 6.92 Å². The second-order valence-electron chi connectivity index (χ2n) is 6.57. The van der Waals surface area contributed by atoms with Crippen molar-refractivity contribution in [2.24, 2.45) is 0 Å². The monoisotopic (exact) mass is 359 g/mol. The molecule has 0 saturated carbocycles. The Labute approximate surface area is 160 Å². The first-order chi connectivity index (χ1) is 13.2. The lowest BCUT2D eigenvalue weighted by atomic mass is 10.1. The van der Waals surface area contributed by atoms with Gasteiger partial charge in [-0.25, -0.2) is 4.98 Å². The van der Waals surface area contributed by atoms with Crippen LogP contribution in [0.3, 0.4) is 0 Å². The van der Waals surface area contributed by atoms with E-state index in [0.29, 0.717) is 12.2 Å². The third-order valence-corrected chi connectivity index (χ3v) is 4.52. The highest BCUT2D eigenvalue weighted by Crippen LogP contribution is 2.16. The van der Waals surface area contributed by atoms with E-state index in [2.05, 4.69) is 34.3 Å². The smallest absolute Gasteiger partial charge is 0.270 e. The first-order valence-electron chi connectivity index (χ1n) is 9.24. The van der Waals surface area contributed by atoms with Crippen molar-refractivity contribution in [1.29, 1.82) is 0 Å². The first-order valence-corrected chi connectivity index (χ1v) is 9.24. The quantitative estimate of drug-likeness (QED) is 0.682. The van der Waals surface area contributed by atoms with Gasteiger partial charge in [-0.1, -0.05) is 60.2 Å². The molecule has 0 saturated heterocycles. The number of amides is 1. The highest BCUT2D eigenvalue weighted by Gasteiger charge is 2.10. The van der Waals surface area contributed by atoms with Gasteiger partial charge >= 0.3 is 0 Å². The summed E-state index contributed by atoms with van der Waals surface area (Å²) in [6.45, 7) is 6.35. The number of hydrogen-bond donors (Lipinski definition) is 1. The van der Waals surface area contributed by atoms with Crippen LogP contribution in [0.2, 0.25) is 0 Å². The molecule has 3 aromatic rings. The Bertz CT molecular complexity index is 858. The highest BCUT2D eigenvalue weighted by molar-refractivity contribution is 5.92. The lowest BCUT2D eigenvalue weighted by Gasteiger charge is -2.23. The zero-order valence-electron chi connectivity index (χ0n) is 15.9. The maximum absolute atomic E-state index is 12.3. The normalized spacial score (nSPS) is 10.4. The number of rotatable bonds is 7. The van der Waals surface area contributed by atoms with Crippen LogP contribution in [-0.2, 0) is 13.1 Å². The van der Waals surface area contributed by atoms with E-state index in [9.17, 15) is 4.79 Å².